The second-order valence-electron chi connectivity index (χ2n) is 8.72. The summed E-state index contributed by atoms with van der Waals surface area (Å²) in [6.45, 7) is 2.26. The van der Waals surface area contributed by atoms with Crippen molar-refractivity contribution in [3.05, 3.63) is 77.6 Å². The number of nitrogens with one attached hydrogen (secondary N) is 1. The largest absolute Gasteiger partial charge is 0.457 e. The Labute approximate surface area is 213 Å². The highest BCUT2D eigenvalue weighted by Crippen LogP contribution is 2.41. The molecule has 0 bridgehead atoms. The highest BCUT2D eigenvalue weighted by molar-refractivity contribution is 7.92. The SMILES string of the molecule is CNC(=O)c1c(-c2ccc(Oc3ccc(F)cc3)cc2)oc2cc3c(cc12)[C@@H](C)OCCN3S(C)(=O)=O. The Kier molecular flexibility index (Phi) is 6.38. The third-order valence-corrected chi connectivity index (χ3v) is 7.41. The van der Waals surface area contributed by atoms with Crippen molar-refractivity contribution in [3.8, 4) is 22.8 Å². The molecule has 4 aromatic rings. The zero-order valence-corrected chi connectivity index (χ0v) is 21.3. The van der Waals surface area contributed by atoms with Gasteiger partial charge in [-0.1, -0.05) is 0 Å². The molecule has 0 radical (unpaired) electrons. The van der Waals surface area contributed by atoms with E-state index in [4.69, 9.17) is 13.9 Å². The molecule has 1 aromatic heterocycles. The van der Waals surface area contributed by atoms with Gasteiger partial charge in [0.1, 0.15) is 28.7 Å². The molecule has 5 rings (SSSR count). The molecule has 10 heteroatoms. The van der Waals surface area contributed by atoms with E-state index in [1.807, 2.05) is 6.92 Å². The van der Waals surface area contributed by atoms with E-state index < -0.39 is 10.0 Å². The van der Waals surface area contributed by atoms with Gasteiger partial charge in [-0.3, -0.25) is 9.10 Å². The molecule has 1 atom stereocenters. The molecule has 2 heterocycles. The van der Waals surface area contributed by atoms with E-state index in [2.05, 4.69) is 5.32 Å². The van der Waals surface area contributed by atoms with Crippen LogP contribution in [0.25, 0.3) is 22.3 Å². The summed E-state index contributed by atoms with van der Waals surface area (Å²) < 4.78 is 57.3. The number of rotatable bonds is 5. The second kappa shape index (κ2) is 9.53. The monoisotopic (exact) mass is 524 g/mol. The normalized spacial score (nSPS) is 15.8. The number of carbonyl (C=O) groups is 1. The van der Waals surface area contributed by atoms with Crippen molar-refractivity contribution < 1.29 is 31.5 Å². The summed E-state index contributed by atoms with van der Waals surface area (Å²) in [6, 6.07) is 16.0. The zero-order valence-electron chi connectivity index (χ0n) is 20.4. The maximum Gasteiger partial charge on any atom is 0.255 e. The van der Waals surface area contributed by atoms with Gasteiger partial charge in [0.25, 0.3) is 5.91 Å². The van der Waals surface area contributed by atoms with E-state index in [1.165, 1.54) is 35.6 Å². The predicted molar refractivity (Wildman–Crippen MR) is 138 cm³/mol. The molecular weight excluding hydrogens is 499 g/mol. The van der Waals surface area contributed by atoms with E-state index in [1.54, 1.807) is 36.4 Å². The van der Waals surface area contributed by atoms with Crippen LogP contribution in [-0.2, 0) is 14.8 Å². The number of hydrogen-bond acceptors (Lipinski definition) is 6. The fourth-order valence-corrected chi connectivity index (χ4v) is 5.35. The van der Waals surface area contributed by atoms with E-state index in [0.717, 1.165) is 6.26 Å². The number of ether oxygens (including phenoxy) is 2. The smallest absolute Gasteiger partial charge is 0.255 e. The number of benzene rings is 3. The minimum atomic E-state index is -3.57. The number of carbonyl (C=O) groups excluding carboxylic acids is 1. The molecule has 1 aliphatic heterocycles. The first-order valence-electron chi connectivity index (χ1n) is 11.6. The third kappa shape index (κ3) is 4.77. The number of furan rings is 1. The van der Waals surface area contributed by atoms with Gasteiger partial charge in [0, 0.05) is 29.6 Å². The fourth-order valence-electron chi connectivity index (χ4n) is 4.42. The predicted octanol–water partition coefficient (Wildman–Crippen LogP) is 5.25. The third-order valence-electron chi connectivity index (χ3n) is 6.23. The van der Waals surface area contributed by atoms with Crippen molar-refractivity contribution in [1.82, 2.24) is 5.32 Å². The summed E-state index contributed by atoms with van der Waals surface area (Å²) in [5, 5.41) is 3.21. The lowest BCUT2D eigenvalue weighted by molar-refractivity contribution is 0.0769. The summed E-state index contributed by atoms with van der Waals surface area (Å²) in [7, 11) is -2.03. The van der Waals surface area contributed by atoms with Crippen LogP contribution in [0.4, 0.5) is 10.1 Å². The van der Waals surface area contributed by atoms with Crippen molar-refractivity contribution in [1.29, 1.82) is 0 Å². The highest BCUT2D eigenvalue weighted by atomic mass is 32.2. The van der Waals surface area contributed by atoms with Crippen LogP contribution in [-0.4, -0.2) is 40.8 Å². The lowest BCUT2D eigenvalue weighted by atomic mass is 10.0. The molecule has 0 fully saturated rings. The minimum Gasteiger partial charge on any atom is -0.457 e. The summed E-state index contributed by atoms with van der Waals surface area (Å²) in [6.07, 6.45) is 0.765. The molecule has 37 heavy (non-hydrogen) atoms. The van der Waals surface area contributed by atoms with Crippen molar-refractivity contribution >= 4 is 32.6 Å². The van der Waals surface area contributed by atoms with Crippen LogP contribution in [0.1, 0.15) is 28.9 Å². The first kappa shape index (κ1) is 24.8. The molecule has 3 aromatic carbocycles. The van der Waals surface area contributed by atoms with Gasteiger partial charge in [-0.2, -0.15) is 0 Å². The average molecular weight is 525 g/mol. The Bertz CT molecular complexity index is 1580. The Morgan fingerprint density at radius 1 is 1.08 bits per heavy atom. The lowest BCUT2D eigenvalue weighted by Gasteiger charge is -2.22. The average Bonchev–Trinajstić information content (AvgIpc) is 3.16. The second-order valence-corrected chi connectivity index (χ2v) is 10.6. The van der Waals surface area contributed by atoms with Crippen LogP contribution in [0.3, 0.4) is 0 Å². The summed E-state index contributed by atoms with van der Waals surface area (Å²) >= 11 is 0. The highest BCUT2D eigenvalue weighted by Gasteiger charge is 2.30. The van der Waals surface area contributed by atoms with Gasteiger partial charge >= 0.3 is 0 Å². The van der Waals surface area contributed by atoms with E-state index in [9.17, 15) is 17.6 Å². The summed E-state index contributed by atoms with van der Waals surface area (Å²) in [5.41, 5.74) is 2.44. The van der Waals surface area contributed by atoms with Crippen molar-refractivity contribution in [3.63, 3.8) is 0 Å². The first-order chi connectivity index (χ1) is 17.7. The Hall–Kier alpha value is -3.89. The van der Waals surface area contributed by atoms with Crippen LogP contribution >= 0.6 is 0 Å². The standard InChI is InChI=1S/C27H25FN2O6S/c1-16-21-14-22-24(15-23(21)30(12-13-34-16)37(3,32)33)36-26(25(22)27(31)29-2)17-4-8-19(9-5-17)35-20-10-6-18(28)7-11-20/h4-11,14-16H,12-13H2,1-3H3,(H,29,31)/t16-/m1/s1. The quantitative estimate of drug-likeness (QED) is 0.383. The minimum absolute atomic E-state index is 0.174. The van der Waals surface area contributed by atoms with Gasteiger partial charge < -0.3 is 19.2 Å². The molecular formula is C27H25FN2O6S. The van der Waals surface area contributed by atoms with Crippen LogP contribution in [0, 0.1) is 5.82 Å². The topological polar surface area (TPSA) is 98.1 Å². The maximum atomic E-state index is 13.2. The number of nitrogens with zero attached hydrogens (tertiary/aromatic N) is 1. The number of fused-ring (bicyclic) bond motifs is 2. The van der Waals surface area contributed by atoms with E-state index in [0.29, 0.717) is 50.6 Å². The number of halogens is 1. The van der Waals surface area contributed by atoms with Crippen molar-refractivity contribution in [2.24, 2.45) is 0 Å². The maximum absolute atomic E-state index is 13.2. The molecule has 0 aliphatic carbocycles. The molecule has 1 N–H and O–H groups in total. The summed E-state index contributed by atoms with van der Waals surface area (Å²) in [5.74, 6) is 0.642. The van der Waals surface area contributed by atoms with Gasteiger partial charge in [-0.15, -0.1) is 0 Å². The van der Waals surface area contributed by atoms with Gasteiger partial charge in [0.2, 0.25) is 10.0 Å². The zero-order chi connectivity index (χ0) is 26.3. The number of sulfonamides is 1. The molecule has 0 spiro atoms. The van der Waals surface area contributed by atoms with Gasteiger partial charge in [-0.25, -0.2) is 12.8 Å². The molecule has 0 saturated heterocycles. The van der Waals surface area contributed by atoms with Crippen LogP contribution in [0.2, 0.25) is 0 Å². The van der Waals surface area contributed by atoms with E-state index in [-0.39, 0.29) is 31.0 Å². The molecule has 0 saturated carbocycles. The first-order valence-corrected chi connectivity index (χ1v) is 13.5. The lowest BCUT2D eigenvalue weighted by Crippen LogP contribution is -2.32. The number of amides is 1. The molecule has 1 amide bonds. The molecule has 8 nitrogen and oxygen atoms in total. The van der Waals surface area contributed by atoms with Crippen LogP contribution < -0.4 is 14.4 Å². The van der Waals surface area contributed by atoms with Crippen molar-refractivity contribution in [2.45, 2.75) is 13.0 Å². The Balaban J connectivity index is 1.61. The molecule has 192 valence electrons. The molecule has 0 unspecified atom stereocenters. The Morgan fingerprint density at radius 2 is 1.73 bits per heavy atom. The van der Waals surface area contributed by atoms with Gasteiger partial charge in [0.05, 0.1) is 36.8 Å². The van der Waals surface area contributed by atoms with E-state index >= 15 is 0 Å². The summed E-state index contributed by atoms with van der Waals surface area (Å²) in [4.78, 5) is 13.0. The number of anilines is 1. The van der Waals surface area contributed by atoms with Crippen LogP contribution in [0.15, 0.2) is 65.1 Å². The Morgan fingerprint density at radius 3 is 2.35 bits per heavy atom. The van der Waals surface area contributed by atoms with Crippen molar-refractivity contribution in [2.75, 3.05) is 30.8 Å². The van der Waals surface area contributed by atoms with Gasteiger partial charge in [0.15, 0.2) is 0 Å². The van der Waals surface area contributed by atoms with Gasteiger partial charge in [-0.05, 0) is 61.5 Å². The number of hydrogen-bond donors (Lipinski definition) is 1. The molecule has 1 aliphatic rings. The fraction of sp³-hybridized carbons (Fsp3) is 0.222. The van der Waals surface area contributed by atoms with Crippen LogP contribution in [0.5, 0.6) is 11.5 Å².